The average Bonchev–Trinajstić information content (AvgIpc) is 2.28. The van der Waals surface area contributed by atoms with Crippen molar-refractivity contribution in [1.82, 2.24) is 5.32 Å². The molecular formula is C10H11ClN2O4. The fourth-order valence-corrected chi connectivity index (χ4v) is 1.46. The molecular weight excluding hydrogens is 248 g/mol. The number of hydrogen-bond donors (Lipinski definition) is 2. The number of aliphatic hydroxyl groups is 1. The smallest absolute Gasteiger partial charge is 0.288 e. The molecule has 0 aliphatic heterocycles. The molecule has 0 aliphatic carbocycles. The topological polar surface area (TPSA) is 92.5 Å². The Morgan fingerprint density at radius 2 is 2.29 bits per heavy atom. The standard InChI is InChI=1S/C10H11ClN2O4/c1-6(5-14)12-10(15)7-3-2-4-8(9(7)11)13(16)17/h2-4,6,14H,5H2,1H3,(H,12,15)/t6-/m0/s1. The molecule has 0 bridgehead atoms. The fraction of sp³-hybridized carbons (Fsp3) is 0.300. The van der Waals surface area contributed by atoms with Crippen molar-refractivity contribution in [1.29, 1.82) is 0 Å². The molecule has 0 heterocycles. The number of amides is 1. The van der Waals surface area contributed by atoms with Crippen LogP contribution in [0.4, 0.5) is 5.69 Å². The highest BCUT2D eigenvalue weighted by Crippen LogP contribution is 2.27. The van der Waals surface area contributed by atoms with Crippen LogP contribution in [-0.2, 0) is 0 Å². The number of nitro benzene ring substituents is 1. The van der Waals surface area contributed by atoms with Crippen molar-refractivity contribution in [3.8, 4) is 0 Å². The van der Waals surface area contributed by atoms with Gasteiger partial charge in [-0.3, -0.25) is 14.9 Å². The van der Waals surface area contributed by atoms with Gasteiger partial charge in [-0.2, -0.15) is 0 Å². The molecule has 0 unspecified atom stereocenters. The summed E-state index contributed by atoms with van der Waals surface area (Å²) in [6, 6.07) is 3.53. The van der Waals surface area contributed by atoms with Crippen molar-refractivity contribution >= 4 is 23.2 Å². The van der Waals surface area contributed by atoms with Crippen molar-refractivity contribution in [2.75, 3.05) is 6.61 Å². The minimum atomic E-state index is -0.658. The van der Waals surface area contributed by atoms with E-state index in [1.807, 2.05) is 0 Å². The lowest BCUT2D eigenvalue weighted by molar-refractivity contribution is -0.384. The third kappa shape index (κ3) is 3.15. The van der Waals surface area contributed by atoms with E-state index in [1.54, 1.807) is 6.92 Å². The zero-order valence-corrected chi connectivity index (χ0v) is 9.77. The van der Waals surface area contributed by atoms with Crippen LogP contribution in [0.5, 0.6) is 0 Å². The quantitative estimate of drug-likeness (QED) is 0.630. The number of benzene rings is 1. The first kappa shape index (κ1) is 13.4. The van der Waals surface area contributed by atoms with Crippen LogP contribution in [0.1, 0.15) is 17.3 Å². The number of nitro groups is 1. The van der Waals surface area contributed by atoms with E-state index in [-0.39, 0.29) is 22.9 Å². The van der Waals surface area contributed by atoms with Crippen LogP contribution < -0.4 is 5.32 Å². The Bertz CT molecular complexity index is 450. The Morgan fingerprint density at radius 1 is 1.65 bits per heavy atom. The maximum absolute atomic E-state index is 11.7. The largest absolute Gasteiger partial charge is 0.394 e. The molecule has 0 aromatic heterocycles. The van der Waals surface area contributed by atoms with Gasteiger partial charge in [0.2, 0.25) is 0 Å². The Hall–Kier alpha value is -1.66. The first-order chi connectivity index (χ1) is 7.97. The second-order valence-corrected chi connectivity index (χ2v) is 3.83. The number of halogens is 1. The van der Waals surface area contributed by atoms with Crippen molar-refractivity contribution in [2.45, 2.75) is 13.0 Å². The number of carbonyl (C=O) groups is 1. The third-order valence-electron chi connectivity index (χ3n) is 2.07. The van der Waals surface area contributed by atoms with Crippen LogP contribution in [0, 0.1) is 10.1 Å². The number of rotatable bonds is 4. The molecule has 0 radical (unpaired) electrons. The summed E-state index contributed by atoms with van der Waals surface area (Å²) in [4.78, 5) is 21.6. The van der Waals surface area contributed by atoms with E-state index >= 15 is 0 Å². The van der Waals surface area contributed by atoms with E-state index in [0.29, 0.717) is 0 Å². The Kier molecular flexibility index (Phi) is 4.42. The van der Waals surface area contributed by atoms with Gasteiger partial charge >= 0.3 is 0 Å². The number of nitrogens with one attached hydrogen (secondary N) is 1. The van der Waals surface area contributed by atoms with E-state index in [0.717, 1.165) is 0 Å². The number of nitrogens with zero attached hydrogens (tertiary/aromatic N) is 1. The molecule has 0 fully saturated rings. The van der Waals surface area contributed by atoms with Gasteiger partial charge in [-0.1, -0.05) is 17.7 Å². The van der Waals surface area contributed by atoms with E-state index in [9.17, 15) is 14.9 Å². The highest BCUT2D eigenvalue weighted by atomic mass is 35.5. The molecule has 2 N–H and O–H groups in total. The van der Waals surface area contributed by atoms with Crippen molar-refractivity contribution in [3.05, 3.63) is 38.9 Å². The zero-order chi connectivity index (χ0) is 13.0. The van der Waals surface area contributed by atoms with Gasteiger partial charge in [0.15, 0.2) is 0 Å². The van der Waals surface area contributed by atoms with E-state index < -0.39 is 16.9 Å². The molecule has 1 atom stereocenters. The summed E-state index contributed by atoms with van der Waals surface area (Å²) in [6.45, 7) is 1.38. The molecule has 1 aromatic carbocycles. The average molecular weight is 259 g/mol. The lowest BCUT2D eigenvalue weighted by atomic mass is 10.1. The van der Waals surface area contributed by atoms with Gasteiger partial charge < -0.3 is 10.4 Å². The van der Waals surface area contributed by atoms with E-state index in [1.165, 1.54) is 18.2 Å². The van der Waals surface area contributed by atoms with Crippen LogP contribution in [0.25, 0.3) is 0 Å². The van der Waals surface area contributed by atoms with E-state index in [2.05, 4.69) is 5.32 Å². The first-order valence-corrected chi connectivity index (χ1v) is 5.19. The van der Waals surface area contributed by atoms with Gasteiger partial charge in [0.05, 0.1) is 17.1 Å². The molecule has 0 saturated heterocycles. The minimum Gasteiger partial charge on any atom is -0.394 e. The summed E-state index contributed by atoms with van der Waals surface area (Å²) >= 11 is 5.76. The van der Waals surface area contributed by atoms with Gasteiger partial charge in [-0.25, -0.2) is 0 Å². The molecule has 0 saturated carbocycles. The Morgan fingerprint density at radius 3 is 2.82 bits per heavy atom. The number of carbonyl (C=O) groups excluding carboxylic acids is 1. The summed E-state index contributed by atoms with van der Waals surface area (Å²) in [5, 5.41) is 21.7. The van der Waals surface area contributed by atoms with Gasteiger partial charge in [-0.15, -0.1) is 0 Å². The van der Waals surface area contributed by atoms with Crippen molar-refractivity contribution in [2.24, 2.45) is 0 Å². The molecule has 1 aromatic rings. The zero-order valence-electron chi connectivity index (χ0n) is 9.01. The first-order valence-electron chi connectivity index (χ1n) is 4.82. The summed E-state index contributed by atoms with van der Waals surface area (Å²) in [7, 11) is 0. The molecule has 92 valence electrons. The summed E-state index contributed by atoms with van der Waals surface area (Å²) in [5.74, 6) is -0.555. The SMILES string of the molecule is C[C@@H](CO)NC(=O)c1cccc([N+](=O)[O-])c1Cl. The van der Waals surface area contributed by atoms with E-state index in [4.69, 9.17) is 16.7 Å². The normalized spacial score (nSPS) is 11.9. The second-order valence-electron chi connectivity index (χ2n) is 3.45. The summed E-state index contributed by atoms with van der Waals surface area (Å²) < 4.78 is 0. The Balaban J connectivity index is 3.02. The van der Waals surface area contributed by atoms with Crippen LogP contribution in [0.15, 0.2) is 18.2 Å². The molecule has 1 rings (SSSR count). The van der Waals surface area contributed by atoms with Crippen LogP contribution in [-0.4, -0.2) is 28.6 Å². The second kappa shape index (κ2) is 5.60. The molecule has 17 heavy (non-hydrogen) atoms. The highest BCUT2D eigenvalue weighted by molar-refractivity contribution is 6.35. The predicted octanol–water partition coefficient (Wildman–Crippen LogP) is 1.36. The summed E-state index contributed by atoms with van der Waals surface area (Å²) in [6.07, 6.45) is 0. The van der Waals surface area contributed by atoms with Crippen molar-refractivity contribution < 1.29 is 14.8 Å². The van der Waals surface area contributed by atoms with Crippen LogP contribution in [0.3, 0.4) is 0 Å². The minimum absolute atomic E-state index is 0.0150. The monoisotopic (exact) mass is 258 g/mol. The maximum Gasteiger partial charge on any atom is 0.288 e. The lowest BCUT2D eigenvalue weighted by Crippen LogP contribution is -2.35. The van der Waals surface area contributed by atoms with Gasteiger partial charge in [0.1, 0.15) is 5.02 Å². The van der Waals surface area contributed by atoms with Gasteiger partial charge in [0, 0.05) is 12.1 Å². The predicted molar refractivity (Wildman–Crippen MR) is 62.1 cm³/mol. The molecule has 6 nitrogen and oxygen atoms in total. The lowest BCUT2D eigenvalue weighted by Gasteiger charge is -2.11. The van der Waals surface area contributed by atoms with Crippen LogP contribution in [0.2, 0.25) is 5.02 Å². The molecule has 0 spiro atoms. The van der Waals surface area contributed by atoms with Gasteiger partial charge in [0.25, 0.3) is 11.6 Å². The maximum atomic E-state index is 11.7. The molecule has 1 amide bonds. The third-order valence-corrected chi connectivity index (χ3v) is 2.47. The Labute approximate surface area is 102 Å². The van der Waals surface area contributed by atoms with Gasteiger partial charge in [-0.05, 0) is 13.0 Å². The highest BCUT2D eigenvalue weighted by Gasteiger charge is 2.20. The van der Waals surface area contributed by atoms with Crippen molar-refractivity contribution in [3.63, 3.8) is 0 Å². The molecule has 0 aliphatic rings. The number of hydrogen-bond acceptors (Lipinski definition) is 4. The fourth-order valence-electron chi connectivity index (χ4n) is 1.18. The van der Waals surface area contributed by atoms with Crippen LogP contribution >= 0.6 is 11.6 Å². The summed E-state index contributed by atoms with van der Waals surface area (Å²) in [5.41, 5.74) is -0.308. The number of aliphatic hydroxyl groups excluding tert-OH is 1. The molecule has 7 heteroatoms.